The number of nitrogens with one attached hydrogen (secondary N) is 1. The second-order valence-electron chi connectivity index (χ2n) is 7.94. The number of amides is 2. The first kappa shape index (κ1) is 20.6. The Morgan fingerprint density at radius 2 is 1.82 bits per heavy atom. The molecule has 1 N–H and O–H groups in total. The van der Waals surface area contributed by atoms with E-state index in [9.17, 15) is 9.59 Å². The van der Waals surface area contributed by atoms with Gasteiger partial charge in [-0.2, -0.15) is 0 Å². The van der Waals surface area contributed by atoms with Gasteiger partial charge in [-0.1, -0.05) is 18.2 Å². The molecule has 2 heterocycles. The Hall–Kier alpha value is -2.08. The second kappa shape index (κ2) is 10.5. The van der Waals surface area contributed by atoms with Crippen LogP contribution in [0.5, 0.6) is 5.75 Å². The van der Waals surface area contributed by atoms with Crippen LogP contribution in [0.2, 0.25) is 0 Å². The molecule has 0 aliphatic carbocycles. The number of hydrogen-bond acceptors (Lipinski definition) is 4. The fourth-order valence-corrected chi connectivity index (χ4v) is 4.21. The number of ether oxygens (including phenoxy) is 1. The zero-order chi connectivity index (χ0) is 19.8. The first-order valence-electron chi connectivity index (χ1n) is 10.6. The lowest BCUT2D eigenvalue weighted by Crippen LogP contribution is -2.49. The van der Waals surface area contributed by atoms with Crippen LogP contribution in [-0.4, -0.2) is 68.0 Å². The van der Waals surface area contributed by atoms with E-state index < -0.39 is 0 Å². The van der Waals surface area contributed by atoms with E-state index in [4.69, 9.17) is 4.74 Å². The van der Waals surface area contributed by atoms with Gasteiger partial charge in [-0.25, -0.2) is 0 Å². The molecule has 1 atom stereocenters. The predicted molar refractivity (Wildman–Crippen MR) is 109 cm³/mol. The van der Waals surface area contributed by atoms with Gasteiger partial charge in [0.1, 0.15) is 5.75 Å². The standard InChI is InChI=1S/C22H33N3O3/c1-23-12-9-18-10-14-24(15-11-18)22(27)19-6-5-13-25(16-19)21(26)17-28-20-7-3-2-4-8-20/h2-4,7-8,18-19,23H,5-6,9-17H2,1H3. The zero-order valence-corrected chi connectivity index (χ0v) is 16.9. The summed E-state index contributed by atoms with van der Waals surface area (Å²) in [5.74, 6) is 1.54. The van der Waals surface area contributed by atoms with E-state index >= 15 is 0 Å². The largest absolute Gasteiger partial charge is 0.484 e. The Balaban J connectivity index is 1.45. The molecule has 2 aliphatic heterocycles. The minimum absolute atomic E-state index is 0.0295. The maximum Gasteiger partial charge on any atom is 0.260 e. The summed E-state index contributed by atoms with van der Waals surface area (Å²) in [6.07, 6.45) is 5.13. The van der Waals surface area contributed by atoms with Crippen LogP contribution in [0.3, 0.4) is 0 Å². The number of carbonyl (C=O) groups is 2. The number of para-hydroxylation sites is 1. The number of rotatable bonds is 7. The molecule has 6 nitrogen and oxygen atoms in total. The minimum atomic E-state index is -0.0664. The second-order valence-corrected chi connectivity index (χ2v) is 7.94. The van der Waals surface area contributed by atoms with Crippen molar-refractivity contribution in [2.45, 2.75) is 32.1 Å². The van der Waals surface area contributed by atoms with Crippen molar-refractivity contribution >= 4 is 11.8 Å². The molecule has 2 amide bonds. The van der Waals surface area contributed by atoms with Gasteiger partial charge >= 0.3 is 0 Å². The Bertz CT molecular complexity index is 629. The summed E-state index contributed by atoms with van der Waals surface area (Å²) in [4.78, 5) is 29.3. The van der Waals surface area contributed by atoms with Crippen molar-refractivity contribution in [1.29, 1.82) is 0 Å². The Morgan fingerprint density at radius 1 is 1.07 bits per heavy atom. The number of piperidine rings is 2. The molecule has 154 valence electrons. The van der Waals surface area contributed by atoms with Gasteiger partial charge in [0.2, 0.25) is 5.91 Å². The van der Waals surface area contributed by atoms with Gasteiger partial charge in [0.25, 0.3) is 5.91 Å². The molecule has 28 heavy (non-hydrogen) atoms. The number of benzene rings is 1. The highest BCUT2D eigenvalue weighted by molar-refractivity contribution is 5.82. The van der Waals surface area contributed by atoms with Gasteiger partial charge in [-0.3, -0.25) is 9.59 Å². The fourth-order valence-electron chi connectivity index (χ4n) is 4.21. The maximum atomic E-state index is 13.0. The van der Waals surface area contributed by atoms with Crippen LogP contribution in [0.25, 0.3) is 0 Å². The fraction of sp³-hybridized carbons (Fsp3) is 0.636. The summed E-state index contributed by atoms with van der Waals surface area (Å²) in [6, 6.07) is 9.37. The van der Waals surface area contributed by atoms with E-state index in [1.165, 1.54) is 6.42 Å². The zero-order valence-electron chi connectivity index (χ0n) is 16.9. The van der Waals surface area contributed by atoms with Crippen LogP contribution in [-0.2, 0) is 9.59 Å². The normalized spacial score (nSPS) is 20.8. The molecule has 1 unspecified atom stereocenters. The van der Waals surface area contributed by atoms with Crippen LogP contribution in [0.4, 0.5) is 0 Å². The summed E-state index contributed by atoms with van der Waals surface area (Å²) in [5, 5.41) is 3.21. The molecule has 2 fully saturated rings. The lowest BCUT2D eigenvalue weighted by atomic mass is 9.91. The highest BCUT2D eigenvalue weighted by atomic mass is 16.5. The molecule has 0 radical (unpaired) electrons. The van der Waals surface area contributed by atoms with Gasteiger partial charge in [0.05, 0.1) is 5.92 Å². The molecule has 1 aromatic rings. The quantitative estimate of drug-likeness (QED) is 0.779. The topological polar surface area (TPSA) is 61.9 Å². The van der Waals surface area contributed by atoms with Crippen LogP contribution in [0.15, 0.2) is 30.3 Å². The van der Waals surface area contributed by atoms with Crippen LogP contribution >= 0.6 is 0 Å². The van der Waals surface area contributed by atoms with E-state index in [1.54, 1.807) is 4.90 Å². The van der Waals surface area contributed by atoms with Crippen molar-refractivity contribution in [3.05, 3.63) is 30.3 Å². The van der Waals surface area contributed by atoms with Gasteiger partial charge in [0, 0.05) is 26.2 Å². The lowest BCUT2D eigenvalue weighted by molar-refractivity contribution is -0.142. The van der Waals surface area contributed by atoms with E-state index in [0.717, 1.165) is 51.2 Å². The Kier molecular flexibility index (Phi) is 7.71. The number of hydrogen-bond donors (Lipinski definition) is 1. The average molecular weight is 388 g/mol. The van der Waals surface area contributed by atoms with Crippen LogP contribution in [0.1, 0.15) is 32.1 Å². The summed E-state index contributed by atoms with van der Waals surface area (Å²) >= 11 is 0. The highest BCUT2D eigenvalue weighted by Crippen LogP contribution is 2.24. The summed E-state index contributed by atoms with van der Waals surface area (Å²) < 4.78 is 5.59. The molecular formula is C22H33N3O3. The molecule has 0 aromatic heterocycles. The number of likely N-dealkylation sites (tertiary alicyclic amines) is 2. The molecule has 0 bridgehead atoms. The highest BCUT2D eigenvalue weighted by Gasteiger charge is 2.32. The van der Waals surface area contributed by atoms with Crippen LogP contribution < -0.4 is 10.1 Å². The molecule has 2 aliphatic rings. The van der Waals surface area contributed by atoms with Gasteiger partial charge in [-0.05, 0) is 63.7 Å². The third-order valence-electron chi connectivity index (χ3n) is 5.96. The monoisotopic (exact) mass is 387 g/mol. The smallest absolute Gasteiger partial charge is 0.260 e. The van der Waals surface area contributed by atoms with E-state index in [0.29, 0.717) is 18.8 Å². The summed E-state index contributed by atoms with van der Waals surface area (Å²) in [6.45, 7) is 4.02. The Labute approximate surface area is 168 Å². The molecule has 2 saturated heterocycles. The third kappa shape index (κ3) is 5.71. The molecular weight excluding hydrogens is 354 g/mol. The lowest BCUT2D eigenvalue weighted by Gasteiger charge is -2.38. The molecule has 0 spiro atoms. The first-order chi connectivity index (χ1) is 13.7. The number of nitrogens with zero attached hydrogens (tertiary/aromatic N) is 2. The van der Waals surface area contributed by atoms with Gasteiger partial charge in [-0.15, -0.1) is 0 Å². The van der Waals surface area contributed by atoms with E-state index in [1.807, 2.05) is 42.3 Å². The summed E-state index contributed by atoms with van der Waals surface area (Å²) in [7, 11) is 1.99. The molecule has 1 aromatic carbocycles. The van der Waals surface area contributed by atoms with Crippen molar-refractivity contribution in [3.63, 3.8) is 0 Å². The maximum absolute atomic E-state index is 13.0. The average Bonchev–Trinajstić information content (AvgIpc) is 2.76. The van der Waals surface area contributed by atoms with Crippen molar-refractivity contribution in [2.24, 2.45) is 11.8 Å². The van der Waals surface area contributed by atoms with E-state index in [-0.39, 0.29) is 24.3 Å². The van der Waals surface area contributed by atoms with E-state index in [2.05, 4.69) is 5.32 Å². The molecule has 3 rings (SSSR count). The minimum Gasteiger partial charge on any atom is -0.484 e. The van der Waals surface area contributed by atoms with Crippen LogP contribution in [0, 0.1) is 11.8 Å². The van der Waals surface area contributed by atoms with Crippen molar-refractivity contribution < 1.29 is 14.3 Å². The molecule has 0 saturated carbocycles. The molecule has 6 heteroatoms. The van der Waals surface area contributed by atoms with Gasteiger partial charge < -0.3 is 19.9 Å². The van der Waals surface area contributed by atoms with Crippen molar-refractivity contribution in [2.75, 3.05) is 46.4 Å². The van der Waals surface area contributed by atoms with Crippen molar-refractivity contribution in [1.82, 2.24) is 15.1 Å². The number of carbonyl (C=O) groups excluding carboxylic acids is 2. The van der Waals surface area contributed by atoms with Crippen molar-refractivity contribution in [3.8, 4) is 5.75 Å². The SMILES string of the molecule is CNCCC1CCN(C(=O)C2CCCN(C(=O)COc3ccccc3)C2)CC1. The predicted octanol–water partition coefficient (Wildman–Crippen LogP) is 2.15. The Morgan fingerprint density at radius 3 is 2.54 bits per heavy atom. The first-order valence-corrected chi connectivity index (χ1v) is 10.6. The summed E-state index contributed by atoms with van der Waals surface area (Å²) in [5.41, 5.74) is 0. The van der Waals surface area contributed by atoms with Gasteiger partial charge in [0.15, 0.2) is 6.61 Å². The third-order valence-corrected chi connectivity index (χ3v) is 5.96.